The van der Waals surface area contributed by atoms with Crippen molar-refractivity contribution in [2.75, 3.05) is 23.4 Å². The summed E-state index contributed by atoms with van der Waals surface area (Å²) < 4.78 is 13.1. The third-order valence-corrected chi connectivity index (χ3v) is 4.20. The quantitative estimate of drug-likeness (QED) is 0.879. The third kappa shape index (κ3) is 3.34. The normalized spacial score (nSPS) is 18.7. The summed E-state index contributed by atoms with van der Waals surface area (Å²) in [6.45, 7) is 0.320. The van der Waals surface area contributed by atoms with E-state index in [1.165, 1.54) is 28.8 Å². The van der Waals surface area contributed by atoms with Crippen molar-refractivity contribution in [3.63, 3.8) is 0 Å². The van der Waals surface area contributed by atoms with Gasteiger partial charge in [0, 0.05) is 18.1 Å². The number of benzene rings is 1. The summed E-state index contributed by atoms with van der Waals surface area (Å²) in [5.41, 5.74) is 0.124. The highest BCUT2D eigenvalue weighted by molar-refractivity contribution is 7.99. The Hall–Kier alpha value is -1.47. The first-order chi connectivity index (χ1) is 9.49. The van der Waals surface area contributed by atoms with E-state index >= 15 is 0 Å². The van der Waals surface area contributed by atoms with E-state index in [2.05, 4.69) is 5.32 Å². The molecule has 1 saturated heterocycles. The van der Waals surface area contributed by atoms with Crippen LogP contribution in [0.2, 0.25) is 5.02 Å². The molecular weight excluding hydrogens is 307 g/mol. The molecule has 2 rings (SSSR count). The predicted octanol–water partition coefficient (Wildman–Crippen LogP) is 2.51. The molecule has 1 fully saturated rings. The van der Waals surface area contributed by atoms with Crippen LogP contribution in [0.5, 0.6) is 0 Å². The number of urea groups is 1. The molecule has 1 atom stereocenters. The third-order valence-electron chi connectivity index (χ3n) is 2.84. The van der Waals surface area contributed by atoms with Crippen LogP contribution >= 0.6 is 23.4 Å². The number of hydrogen-bond acceptors (Lipinski definition) is 3. The van der Waals surface area contributed by atoms with Crippen molar-refractivity contribution in [3.8, 4) is 0 Å². The monoisotopic (exact) mass is 318 g/mol. The largest absolute Gasteiger partial charge is 0.480 e. The van der Waals surface area contributed by atoms with Gasteiger partial charge in [0.15, 0.2) is 0 Å². The van der Waals surface area contributed by atoms with Crippen molar-refractivity contribution in [1.82, 2.24) is 4.90 Å². The lowest BCUT2D eigenvalue weighted by atomic mass is 10.2. The number of carboxylic acid groups (broad SMARTS) is 1. The number of carboxylic acids is 1. The molecule has 5 nitrogen and oxygen atoms in total. The van der Waals surface area contributed by atoms with E-state index in [0.29, 0.717) is 18.1 Å². The molecular formula is C12H12ClFN2O3S. The first-order valence-electron chi connectivity index (χ1n) is 5.82. The average Bonchev–Trinajstić information content (AvgIpc) is 2.42. The van der Waals surface area contributed by atoms with Gasteiger partial charge in [0.25, 0.3) is 0 Å². The highest BCUT2D eigenvalue weighted by atomic mass is 35.5. The zero-order valence-electron chi connectivity index (χ0n) is 10.3. The van der Waals surface area contributed by atoms with Gasteiger partial charge >= 0.3 is 12.0 Å². The molecule has 1 heterocycles. The van der Waals surface area contributed by atoms with Crippen LogP contribution in [-0.4, -0.2) is 46.1 Å². The zero-order chi connectivity index (χ0) is 14.7. The Bertz CT molecular complexity index is 543. The molecule has 2 amide bonds. The van der Waals surface area contributed by atoms with Gasteiger partial charge in [0.1, 0.15) is 11.9 Å². The number of carbonyl (C=O) groups is 2. The maximum atomic E-state index is 13.1. The van der Waals surface area contributed by atoms with Crippen molar-refractivity contribution >= 4 is 41.1 Å². The van der Waals surface area contributed by atoms with Crippen LogP contribution in [0.1, 0.15) is 0 Å². The number of amides is 2. The minimum atomic E-state index is -1.06. The average molecular weight is 319 g/mol. The summed E-state index contributed by atoms with van der Waals surface area (Å²) >= 11 is 7.33. The molecule has 0 saturated carbocycles. The number of anilines is 1. The lowest BCUT2D eigenvalue weighted by Gasteiger charge is -2.32. The fourth-order valence-electron chi connectivity index (χ4n) is 1.83. The SMILES string of the molecule is O=C(O)C1CSCCN1C(=O)Nc1cc(F)ccc1Cl. The molecule has 1 unspecified atom stereocenters. The Balaban J connectivity index is 2.14. The molecule has 0 aliphatic carbocycles. The molecule has 0 aromatic heterocycles. The summed E-state index contributed by atoms with van der Waals surface area (Å²) in [7, 11) is 0. The van der Waals surface area contributed by atoms with Gasteiger partial charge in [-0.3, -0.25) is 0 Å². The number of carbonyl (C=O) groups excluding carboxylic acids is 1. The number of nitrogens with one attached hydrogen (secondary N) is 1. The van der Waals surface area contributed by atoms with Crippen LogP contribution in [0.3, 0.4) is 0 Å². The van der Waals surface area contributed by atoms with Gasteiger partial charge in [-0.1, -0.05) is 11.6 Å². The summed E-state index contributed by atoms with van der Waals surface area (Å²) in [4.78, 5) is 24.5. The number of aliphatic carboxylic acids is 1. The summed E-state index contributed by atoms with van der Waals surface area (Å²) in [5.74, 6) is -0.598. The second-order valence-corrected chi connectivity index (χ2v) is 5.73. The number of thioether (sulfide) groups is 1. The predicted molar refractivity (Wildman–Crippen MR) is 75.9 cm³/mol. The van der Waals surface area contributed by atoms with Crippen LogP contribution in [0, 0.1) is 5.82 Å². The standard InChI is InChI=1S/C12H12ClFN2O3S/c13-8-2-1-7(14)5-9(8)15-12(19)16-3-4-20-6-10(16)11(17)18/h1-2,5,10H,3-4,6H2,(H,15,19)(H,17,18). The Morgan fingerprint density at radius 2 is 2.25 bits per heavy atom. The fraction of sp³-hybridized carbons (Fsp3) is 0.333. The van der Waals surface area contributed by atoms with Gasteiger partial charge in [0.2, 0.25) is 0 Å². The molecule has 0 bridgehead atoms. The zero-order valence-corrected chi connectivity index (χ0v) is 11.9. The van der Waals surface area contributed by atoms with Crippen LogP contribution in [0.15, 0.2) is 18.2 Å². The Morgan fingerprint density at radius 1 is 1.50 bits per heavy atom. The molecule has 0 spiro atoms. The van der Waals surface area contributed by atoms with E-state index in [1.807, 2.05) is 0 Å². The molecule has 1 aliphatic rings. The molecule has 2 N–H and O–H groups in total. The molecule has 0 radical (unpaired) electrons. The lowest BCUT2D eigenvalue weighted by molar-refractivity contribution is -0.141. The summed E-state index contributed by atoms with van der Waals surface area (Å²) in [6, 6.07) is 2.11. The van der Waals surface area contributed by atoms with Crippen molar-refractivity contribution in [2.24, 2.45) is 0 Å². The smallest absolute Gasteiger partial charge is 0.327 e. The molecule has 8 heteroatoms. The summed E-state index contributed by atoms with van der Waals surface area (Å²) in [6.07, 6.45) is 0. The van der Waals surface area contributed by atoms with Crippen molar-refractivity contribution in [3.05, 3.63) is 29.0 Å². The number of rotatable bonds is 2. The first-order valence-corrected chi connectivity index (χ1v) is 7.35. The minimum absolute atomic E-state index is 0.124. The fourth-order valence-corrected chi connectivity index (χ4v) is 3.03. The molecule has 108 valence electrons. The van der Waals surface area contributed by atoms with E-state index in [-0.39, 0.29) is 10.7 Å². The number of halogens is 2. The molecule has 20 heavy (non-hydrogen) atoms. The summed E-state index contributed by atoms with van der Waals surface area (Å²) in [5, 5.41) is 11.7. The van der Waals surface area contributed by atoms with Gasteiger partial charge in [0.05, 0.1) is 10.7 Å². The van der Waals surface area contributed by atoms with E-state index in [4.69, 9.17) is 16.7 Å². The second kappa shape index (κ2) is 6.32. The van der Waals surface area contributed by atoms with Crippen molar-refractivity contribution in [2.45, 2.75) is 6.04 Å². The van der Waals surface area contributed by atoms with Gasteiger partial charge in [-0.2, -0.15) is 11.8 Å². The lowest BCUT2D eigenvalue weighted by Crippen LogP contribution is -2.51. The maximum absolute atomic E-state index is 13.1. The van der Waals surface area contributed by atoms with Crippen LogP contribution in [0.25, 0.3) is 0 Å². The van der Waals surface area contributed by atoms with E-state index < -0.39 is 23.9 Å². The highest BCUT2D eigenvalue weighted by Gasteiger charge is 2.32. The maximum Gasteiger partial charge on any atom is 0.327 e. The molecule has 1 aromatic carbocycles. The van der Waals surface area contributed by atoms with Crippen LogP contribution < -0.4 is 5.32 Å². The van der Waals surface area contributed by atoms with E-state index in [9.17, 15) is 14.0 Å². The minimum Gasteiger partial charge on any atom is -0.480 e. The topological polar surface area (TPSA) is 69.6 Å². The highest BCUT2D eigenvalue weighted by Crippen LogP contribution is 2.24. The Morgan fingerprint density at radius 3 is 2.95 bits per heavy atom. The molecule has 1 aliphatic heterocycles. The van der Waals surface area contributed by atoms with Crippen molar-refractivity contribution < 1.29 is 19.1 Å². The Kier molecular flexibility index (Phi) is 4.72. The van der Waals surface area contributed by atoms with E-state index in [1.54, 1.807) is 0 Å². The molecule has 1 aromatic rings. The van der Waals surface area contributed by atoms with Gasteiger partial charge in [-0.15, -0.1) is 0 Å². The first kappa shape index (κ1) is 14.9. The number of hydrogen-bond donors (Lipinski definition) is 2. The Labute approximate surface area is 124 Å². The van der Waals surface area contributed by atoms with Crippen LogP contribution in [-0.2, 0) is 4.79 Å². The van der Waals surface area contributed by atoms with Gasteiger partial charge in [-0.05, 0) is 18.2 Å². The van der Waals surface area contributed by atoms with E-state index in [0.717, 1.165) is 6.07 Å². The van der Waals surface area contributed by atoms with Gasteiger partial charge < -0.3 is 15.3 Å². The van der Waals surface area contributed by atoms with Gasteiger partial charge in [-0.25, -0.2) is 14.0 Å². The number of nitrogens with zero attached hydrogens (tertiary/aromatic N) is 1. The second-order valence-electron chi connectivity index (χ2n) is 4.18. The van der Waals surface area contributed by atoms with Crippen LogP contribution in [0.4, 0.5) is 14.9 Å². The van der Waals surface area contributed by atoms with Crippen molar-refractivity contribution in [1.29, 1.82) is 0 Å².